The first-order chi connectivity index (χ1) is 8.51. The molecule has 1 rings (SSSR count). The summed E-state index contributed by atoms with van der Waals surface area (Å²) in [7, 11) is 0. The summed E-state index contributed by atoms with van der Waals surface area (Å²) in [5.74, 6) is 0.714. The van der Waals surface area contributed by atoms with Crippen LogP contribution in [0.3, 0.4) is 0 Å². The Kier molecular flexibility index (Phi) is 6.46. The predicted octanol–water partition coefficient (Wildman–Crippen LogP) is 1.70. The van der Waals surface area contributed by atoms with Crippen LogP contribution in [-0.4, -0.2) is 49.2 Å². The fourth-order valence-electron chi connectivity index (χ4n) is 2.85. The van der Waals surface area contributed by atoms with E-state index in [1.807, 2.05) is 0 Å². The molecule has 0 spiro atoms. The number of aliphatic hydroxyl groups excluding tert-OH is 1. The van der Waals surface area contributed by atoms with E-state index in [1.54, 1.807) is 4.90 Å². The molecule has 0 aliphatic heterocycles. The Balaban J connectivity index is 2.57. The highest BCUT2D eigenvalue weighted by molar-refractivity contribution is 4.88. The summed E-state index contributed by atoms with van der Waals surface area (Å²) >= 11 is 0. The van der Waals surface area contributed by atoms with Crippen molar-refractivity contribution in [2.45, 2.75) is 39.0 Å². The lowest BCUT2D eigenvalue weighted by atomic mass is 9.70. The minimum absolute atomic E-state index is 0.0312. The van der Waals surface area contributed by atoms with Crippen LogP contribution in [0, 0.1) is 11.3 Å². The van der Waals surface area contributed by atoms with Gasteiger partial charge >= 0.3 is 0 Å². The van der Waals surface area contributed by atoms with Crippen molar-refractivity contribution >= 4 is 0 Å². The van der Waals surface area contributed by atoms with Crippen LogP contribution >= 0.6 is 0 Å². The second-order valence-corrected chi connectivity index (χ2v) is 5.74. The Hall–Kier alpha value is -0.260. The quantitative estimate of drug-likeness (QED) is 0.736. The molecule has 0 radical (unpaired) electrons. The largest absolute Gasteiger partial charge is 0.395 e. The molecule has 0 bridgehead atoms. The van der Waals surface area contributed by atoms with Gasteiger partial charge in [0.05, 0.1) is 13.2 Å². The van der Waals surface area contributed by atoms with Crippen molar-refractivity contribution in [3.63, 3.8) is 0 Å². The molecule has 0 aromatic carbocycles. The highest BCUT2D eigenvalue weighted by Crippen LogP contribution is 2.38. The van der Waals surface area contributed by atoms with Crippen LogP contribution < -0.4 is 5.73 Å². The van der Waals surface area contributed by atoms with Crippen molar-refractivity contribution in [3.8, 4) is 0 Å². The second-order valence-electron chi connectivity index (χ2n) is 5.74. The highest BCUT2D eigenvalue weighted by atomic mass is 19.3. The first-order valence-electron chi connectivity index (χ1n) is 6.83. The maximum Gasteiger partial charge on any atom is 0.251 e. The van der Waals surface area contributed by atoms with Gasteiger partial charge in [-0.3, -0.25) is 4.90 Å². The number of aliphatic hydroxyl groups is 1. The van der Waals surface area contributed by atoms with Crippen LogP contribution in [0.2, 0.25) is 0 Å². The summed E-state index contributed by atoms with van der Waals surface area (Å²) in [6, 6.07) is 0. The summed E-state index contributed by atoms with van der Waals surface area (Å²) in [6.45, 7) is 3.32. The topological polar surface area (TPSA) is 49.5 Å². The van der Waals surface area contributed by atoms with Gasteiger partial charge in [0.25, 0.3) is 6.43 Å². The van der Waals surface area contributed by atoms with Gasteiger partial charge in [-0.25, -0.2) is 8.78 Å². The summed E-state index contributed by atoms with van der Waals surface area (Å²) in [5, 5.41) is 8.96. The predicted molar refractivity (Wildman–Crippen MR) is 68.6 cm³/mol. The zero-order valence-electron chi connectivity index (χ0n) is 11.2. The third-order valence-corrected chi connectivity index (χ3v) is 4.14. The number of alkyl halides is 2. The van der Waals surface area contributed by atoms with E-state index < -0.39 is 6.43 Å². The van der Waals surface area contributed by atoms with Gasteiger partial charge in [0.2, 0.25) is 0 Å². The van der Waals surface area contributed by atoms with Crippen molar-refractivity contribution < 1.29 is 13.9 Å². The molecule has 18 heavy (non-hydrogen) atoms. The molecule has 3 nitrogen and oxygen atoms in total. The lowest BCUT2D eigenvalue weighted by Gasteiger charge is -2.42. The zero-order valence-corrected chi connectivity index (χ0v) is 11.2. The molecule has 108 valence electrons. The van der Waals surface area contributed by atoms with Crippen molar-refractivity contribution in [3.05, 3.63) is 0 Å². The van der Waals surface area contributed by atoms with Gasteiger partial charge in [0.1, 0.15) is 0 Å². The first-order valence-corrected chi connectivity index (χ1v) is 6.83. The lowest BCUT2D eigenvalue weighted by molar-refractivity contribution is 0.0356. The van der Waals surface area contributed by atoms with Crippen LogP contribution in [-0.2, 0) is 0 Å². The van der Waals surface area contributed by atoms with E-state index >= 15 is 0 Å². The highest BCUT2D eigenvalue weighted by Gasteiger charge is 2.34. The minimum Gasteiger partial charge on any atom is -0.395 e. The van der Waals surface area contributed by atoms with E-state index in [9.17, 15) is 8.78 Å². The van der Waals surface area contributed by atoms with Crippen molar-refractivity contribution in [2.75, 3.05) is 32.8 Å². The van der Waals surface area contributed by atoms with Crippen LogP contribution in [0.4, 0.5) is 8.78 Å². The molecular weight excluding hydrogens is 238 g/mol. The third-order valence-electron chi connectivity index (χ3n) is 4.14. The lowest BCUT2D eigenvalue weighted by Crippen LogP contribution is -2.46. The Bertz CT molecular complexity index is 231. The average Bonchev–Trinajstić information content (AvgIpc) is 2.32. The van der Waals surface area contributed by atoms with Crippen LogP contribution in [0.1, 0.15) is 32.6 Å². The maximum atomic E-state index is 12.5. The molecule has 0 heterocycles. The summed E-state index contributed by atoms with van der Waals surface area (Å²) in [6.07, 6.45) is 1.91. The SMILES string of the molecule is CC1CCC(CN)(CN(CCO)CC(F)F)CC1. The number of nitrogens with zero attached hydrogens (tertiary/aromatic N) is 1. The van der Waals surface area contributed by atoms with Crippen molar-refractivity contribution in [1.29, 1.82) is 0 Å². The number of hydrogen-bond donors (Lipinski definition) is 2. The number of nitrogens with two attached hydrogens (primary N) is 1. The molecule has 0 saturated heterocycles. The van der Waals surface area contributed by atoms with Gasteiger partial charge in [-0.2, -0.15) is 0 Å². The molecule has 1 saturated carbocycles. The van der Waals surface area contributed by atoms with E-state index in [4.69, 9.17) is 10.8 Å². The standard InChI is InChI=1S/C13H26F2N2O/c1-11-2-4-13(9-16,5-3-11)10-17(6-7-18)8-12(14)15/h11-12,18H,2-10,16H2,1H3. The van der Waals surface area contributed by atoms with E-state index in [2.05, 4.69) is 6.92 Å². The smallest absolute Gasteiger partial charge is 0.251 e. The molecule has 1 aliphatic rings. The van der Waals surface area contributed by atoms with E-state index in [-0.39, 0.29) is 18.6 Å². The fourth-order valence-corrected chi connectivity index (χ4v) is 2.85. The summed E-state index contributed by atoms with van der Waals surface area (Å²) < 4.78 is 25.0. The molecule has 3 N–H and O–H groups in total. The Labute approximate surface area is 108 Å². The molecular formula is C13H26F2N2O. The van der Waals surface area contributed by atoms with Crippen molar-refractivity contribution in [2.24, 2.45) is 17.1 Å². The van der Waals surface area contributed by atoms with Crippen molar-refractivity contribution in [1.82, 2.24) is 4.90 Å². The molecule has 5 heteroatoms. The number of halogens is 2. The van der Waals surface area contributed by atoms with Gasteiger partial charge in [-0.1, -0.05) is 19.8 Å². The number of rotatable bonds is 7. The Morgan fingerprint density at radius 3 is 2.44 bits per heavy atom. The maximum absolute atomic E-state index is 12.5. The second kappa shape index (κ2) is 7.36. The minimum atomic E-state index is -2.35. The Morgan fingerprint density at radius 1 is 1.39 bits per heavy atom. The molecule has 1 fully saturated rings. The molecule has 0 unspecified atom stereocenters. The Morgan fingerprint density at radius 2 is 2.00 bits per heavy atom. The normalized spacial score (nSPS) is 29.2. The zero-order chi connectivity index (χ0) is 13.6. The van der Waals surface area contributed by atoms with Gasteiger partial charge in [0, 0.05) is 13.1 Å². The molecule has 0 atom stereocenters. The van der Waals surface area contributed by atoms with E-state index in [0.29, 0.717) is 25.6 Å². The van der Waals surface area contributed by atoms with Gasteiger partial charge in [0.15, 0.2) is 0 Å². The molecule has 1 aliphatic carbocycles. The molecule has 0 aromatic rings. The van der Waals surface area contributed by atoms with Crippen LogP contribution in [0.5, 0.6) is 0 Å². The van der Waals surface area contributed by atoms with E-state index in [1.165, 1.54) is 0 Å². The first kappa shape index (κ1) is 15.8. The fraction of sp³-hybridized carbons (Fsp3) is 1.00. The van der Waals surface area contributed by atoms with Gasteiger partial charge in [-0.15, -0.1) is 0 Å². The monoisotopic (exact) mass is 264 g/mol. The number of hydrogen-bond acceptors (Lipinski definition) is 3. The summed E-state index contributed by atoms with van der Waals surface area (Å²) in [5.41, 5.74) is 5.85. The third kappa shape index (κ3) is 4.78. The molecule has 0 aromatic heterocycles. The van der Waals surface area contributed by atoms with Gasteiger partial charge < -0.3 is 10.8 Å². The van der Waals surface area contributed by atoms with Gasteiger partial charge in [-0.05, 0) is 30.7 Å². The summed E-state index contributed by atoms with van der Waals surface area (Å²) in [4.78, 5) is 1.66. The molecule has 0 amide bonds. The van der Waals surface area contributed by atoms with E-state index in [0.717, 1.165) is 25.7 Å². The average molecular weight is 264 g/mol. The van der Waals surface area contributed by atoms with Crippen LogP contribution in [0.25, 0.3) is 0 Å². The van der Waals surface area contributed by atoms with Crippen LogP contribution in [0.15, 0.2) is 0 Å².